The maximum absolute atomic E-state index is 11.6. The average Bonchev–Trinajstić information content (AvgIpc) is 2.98. The molecule has 1 aliphatic carbocycles. The molecule has 0 aromatic carbocycles. The highest BCUT2D eigenvalue weighted by atomic mass is 16.5. The molecular weight excluding hydrogens is 246 g/mol. The molecule has 102 valence electrons. The standard InChI is InChI=1S/C13H17N3O3/c1-19-10-5-6-14-13(15-10)16-7-8-3-2-4-9(8)11(16)12(17)18/h5-6,8-9,11H,2-4,7H2,1H3,(H,17,18). The third-order valence-corrected chi connectivity index (χ3v) is 4.23. The number of anilines is 1. The predicted molar refractivity (Wildman–Crippen MR) is 68.2 cm³/mol. The zero-order valence-corrected chi connectivity index (χ0v) is 10.8. The van der Waals surface area contributed by atoms with Crippen molar-refractivity contribution in [3.05, 3.63) is 12.3 Å². The molecule has 0 bridgehead atoms. The van der Waals surface area contributed by atoms with Gasteiger partial charge in [0.25, 0.3) is 0 Å². The van der Waals surface area contributed by atoms with E-state index in [1.165, 1.54) is 0 Å². The molecule has 2 fully saturated rings. The van der Waals surface area contributed by atoms with E-state index in [-0.39, 0.29) is 5.92 Å². The molecule has 1 aliphatic heterocycles. The molecule has 19 heavy (non-hydrogen) atoms. The van der Waals surface area contributed by atoms with Crippen LogP contribution in [0.5, 0.6) is 5.88 Å². The van der Waals surface area contributed by atoms with Crippen LogP contribution < -0.4 is 9.64 Å². The van der Waals surface area contributed by atoms with Crippen molar-refractivity contribution in [1.82, 2.24) is 9.97 Å². The number of methoxy groups -OCH3 is 1. The lowest BCUT2D eigenvalue weighted by Gasteiger charge is -2.24. The number of carboxylic acid groups (broad SMARTS) is 1. The van der Waals surface area contributed by atoms with Gasteiger partial charge < -0.3 is 14.7 Å². The third-order valence-electron chi connectivity index (χ3n) is 4.23. The lowest BCUT2D eigenvalue weighted by Crippen LogP contribution is -2.40. The second-order valence-electron chi connectivity index (χ2n) is 5.19. The van der Waals surface area contributed by atoms with Crippen LogP contribution in [0.25, 0.3) is 0 Å². The van der Waals surface area contributed by atoms with Crippen LogP contribution in [0.1, 0.15) is 19.3 Å². The maximum Gasteiger partial charge on any atom is 0.326 e. The van der Waals surface area contributed by atoms with Crippen molar-refractivity contribution in [3.63, 3.8) is 0 Å². The quantitative estimate of drug-likeness (QED) is 0.882. The SMILES string of the molecule is COc1ccnc(N2CC3CCCC3C2C(=O)O)n1. The number of rotatable bonds is 3. The largest absolute Gasteiger partial charge is 0.481 e. The Morgan fingerprint density at radius 2 is 2.37 bits per heavy atom. The van der Waals surface area contributed by atoms with Crippen LogP contribution in [-0.2, 0) is 4.79 Å². The van der Waals surface area contributed by atoms with Gasteiger partial charge in [-0.3, -0.25) is 0 Å². The molecule has 2 aliphatic rings. The number of aliphatic carboxylic acids is 1. The van der Waals surface area contributed by atoms with Crippen molar-refractivity contribution in [2.45, 2.75) is 25.3 Å². The zero-order chi connectivity index (χ0) is 13.4. The van der Waals surface area contributed by atoms with Crippen molar-refractivity contribution in [3.8, 4) is 5.88 Å². The fraction of sp³-hybridized carbons (Fsp3) is 0.615. The molecule has 0 spiro atoms. The summed E-state index contributed by atoms with van der Waals surface area (Å²) >= 11 is 0. The van der Waals surface area contributed by atoms with E-state index >= 15 is 0 Å². The molecule has 6 heteroatoms. The van der Waals surface area contributed by atoms with Gasteiger partial charge in [-0.25, -0.2) is 9.78 Å². The number of hydrogen-bond donors (Lipinski definition) is 1. The summed E-state index contributed by atoms with van der Waals surface area (Å²) in [4.78, 5) is 21.8. The van der Waals surface area contributed by atoms with Crippen LogP contribution in [0.15, 0.2) is 12.3 Å². The Morgan fingerprint density at radius 1 is 1.53 bits per heavy atom. The highest BCUT2D eigenvalue weighted by Gasteiger charge is 2.48. The summed E-state index contributed by atoms with van der Waals surface area (Å²) in [7, 11) is 1.54. The predicted octanol–water partition coefficient (Wildman–Crippen LogP) is 1.17. The molecule has 1 saturated heterocycles. The number of hydrogen-bond acceptors (Lipinski definition) is 5. The van der Waals surface area contributed by atoms with Crippen molar-refractivity contribution in [1.29, 1.82) is 0 Å². The highest BCUT2D eigenvalue weighted by Crippen LogP contribution is 2.43. The second-order valence-corrected chi connectivity index (χ2v) is 5.19. The normalized spacial score (nSPS) is 29.3. The Kier molecular flexibility index (Phi) is 3.00. The van der Waals surface area contributed by atoms with Gasteiger partial charge in [0, 0.05) is 18.8 Å². The summed E-state index contributed by atoms with van der Waals surface area (Å²) < 4.78 is 5.08. The summed E-state index contributed by atoms with van der Waals surface area (Å²) in [5.41, 5.74) is 0. The first-order chi connectivity index (χ1) is 9.20. The van der Waals surface area contributed by atoms with Crippen LogP contribution in [0.3, 0.4) is 0 Å². The van der Waals surface area contributed by atoms with Crippen molar-refractivity contribution >= 4 is 11.9 Å². The van der Waals surface area contributed by atoms with Gasteiger partial charge in [-0.1, -0.05) is 6.42 Å². The Hall–Kier alpha value is -1.85. The lowest BCUT2D eigenvalue weighted by atomic mass is 9.94. The van der Waals surface area contributed by atoms with Gasteiger partial charge in [-0.05, 0) is 24.7 Å². The second kappa shape index (κ2) is 4.68. The maximum atomic E-state index is 11.6. The van der Waals surface area contributed by atoms with Gasteiger partial charge in [0.1, 0.15) is 6.04 Å². The molecule has 2 heterocycles. The minimum Gasteiger partial charge on any atom is -0.481 e. The number of carbonyl (C=O) groups is 1. The number of carboxylic acids is 1. The van der Waals surface area contributed by atoms with E-state index in [0.717, 1.165) is 25.8 Å². The monoisotopic (exact) mass is 263 g/mol. The summed E-state index contributed by atoms with van der Waals surface area (Å²) in [5, 5.41) is 9.49. The van der Waals surface area contributed by atoms with Crippen molar-refractivity contribution in [2.24, 2.45) is 11.8 Å². The fourth-order valence-electron chi connectivity index (χ4n) is 3.41. The molecule has 6 nitrogen and oxygen atoms in total. The van der Waals surface area contributed by atoms with Crippen LogP contribution >= 0.6 is 0 Å². The van der Waals surface area contributed by atoms with Gasteiger partial charge in [0.2, 0.25) is 11.8 Å². The Morgan fingerprint density at radius 3 is 3.11 bits per heavy atom. The highest BCUT2D eigenvalue weighted by molar-refractivity contribution is 5.79. The van der Waals surface area contributed by atoms with E-state index in [0.29, 0.717) is 17.7 Å². The first-order valence-corrected chi connectivity index (χ1v) is 6.57. The van der Waals surface area contributed by atoms with E-state index in [1.807, 2.05) is 4.90 Å². The number of ether oxygens (including phenoxy) is 1. The Labute approximate surface area is 111 Å². The molecule has 1 N–H and O–H groups in total. The number of nitrogens with zero attached hydrogens (tertiary/aromatic N) is 3. The molecule has 3 rings (SSSR count). The first kappa shape index (κ1) is 12.2. The minimum atomic E-state index is -0.777. The zero-order valence-electron chi connectivity index (χ0n) is 10.8. The Bertz CT molecular complexity index is 494. The molecule has 1 aromatic heterocycles. The van der Waals surface area contributed by atoms with E-state index < -0.39 is 12.0 Å². The Balaban J connectivity index is 1.92. The number of fused-ring (bicyclic) bond motifs is 1. The molecule has 1 aromatic rings. The van der Waals surface area contributed by atoms with Gasteiger partial charge in [-0.2, -0.15) is 4.98 Å². The van der Waals surface area contributed by atoms with Crippen molar-refractivity contribution < 1.29 is 14.6 Å². The van der Waals surface area contributed by atoms with Crippen LogP contribution in [-0.4, -0.2) is 40.7 Å². The average molecular weight is 263 g/mol. The van der Waals surface area contributed by atoms with E-state index in [9.17, 15) is 9.90 Å². The smallest absolute Gasteiger partial charge is 0.326 e. The van der Waals surface area contributed by atoms with Crippen LogP contribution in [0.2, 0.25) is 0 Å². The first-order valence-electron chi connectivity index (χ1n) is 6.57. The van der Waals surface area contributed by atoms with Gasteiger partial charge in [0.05, 0.1) is 7.11 Å². The molecule has 3 atom stereocenters. The molecule has 1 saturated carbocycles. The molecule has 3 unspecified atom stereocenters. The lowest BCUT2D eigenvalue weighted by molar-refractivity contribution is -0.139. The molecular formula is C13H17N3O3. The fourth-order valence-corrected chi connectivity index (χ4v) is 3.41. The van der Waals surface area contributed by atoms with Crippen LogP contribution in [0, 0.1) is 11.8 Å². The molecule has 0 amide bonds. The topological polar surface area (TPSA) is 75.5 Å². The van der Waals surface area contributed by atoms with Gasteiger partial charge in [0.15, 0.2) is 0 Å². The van der Waals surface area contributed by atoms with E-state index in [4.69, 9.17) is 4.74 Å². The van der Waals surface area contributed by atoms with E-state index in [1.54, 1.807) is 19.4 Å². The third kappa shape index (κ3) is 2.01. The van der Waals surface area contributed by atoms with Gasteiger partial charge in [-0.15, -0.1) is 0 Å². The number of aromatic nitrogens is 2. The van der Waals surface area contributed by atoms with E-state index in [2.05, 4.69) is 9.97 Å². The minimum absolute atomic E-state index is 0.229. The summed E-state index contributed by atoms with van der Waals surface area (Å²) in [6, 6.07) is 1.16. The molecule has 0 radical (unpaired) electrons. The van der Waals surface area contributed by atoms with Crippen LogP contribution in [0.4, 0.5) is 5.95 Å². The van der Waals surface area contributed by atoms with Crippen molar-refractivity contribution in [2.75, 3.05) is 18.6 Å². The summed E-state index contributed by atoms with van der Waals surface area (Å²) in [5.74, 6) is 0.830. The summed E-state index contributed by atoms with van der Waals surface area (Å²) in [6.45, 7) is 0.731. The van der Waals surface area contributed by atoms with Gasteiger partial charge >= 0.3 is 5.97 Å². The summed E-state index contributed by atoms with van der Waals surface area (Å²) in [6.07, 6.45) is 4.83.